The van der Waals surface area contributed by atoms with E-state index >= 15 is 0 Å². The highest BCUT2D eigenvalue weighted by molar-refractivity contribution is 7.99. The Hall–Kier alpha value is -0.970. The van der Waals surface area contributed by atoms with Gasteiger partial charge in [-0.15, -0.1) is 0 Å². The standard InChI is InChI=1S/C9H13N3OS/c1-11-8(2-3-10-11)9(13)12-4-6-14-7-5-12/h2-3H,4-7H2,1H3. The number of rotatable bonds is 1. The molecule has 1 saturated heterocycles. The summed E-state index contributed by atoms with van der Waals surface area (Å²) in [6, 6.07) is 1.77. The van der Waals surface area contributed by atoms with Crippen LogP contribution in [0.5, 0.6) is 0 Å². The molecule has 2 heterocycles. The summed E-state index contributed by atoms with van der Waals surface area (Å²) in [6.07, 6.45) is 1.66. The minimum absolute atomic E-state index is 0.102. The fraction of sp³-hybridized carbons (Fsp3) is 0.556. The minimum atomic E-state index is 0.102. The zero-order valence-corrected chi connectivity index (χ0v) is 8.96. The largest absolute Gasteiger partial charge is 0.336 e. The molecule has 0 spiro atoms. The number of carbonyl (C=O) groups excluding carboxylic acids is 1. The monoisotopic (exact) mass is 211 g/mol. The van der Waals surface area contributed by atoms with Crippen molar-refractivity contribution in [3.05, 3.63) is 18.0 Å². The molecule has 1 aliphatic rings. The minimum Gasteiger partial charge on any atom is -0.336 e. The van der Waals surface area contributed by atoms with Crippen LogP contribution >= 0.6 is 11.8 Å². The average molecular weight is 211 g/mol. The van der Waals surface area contributed by atoms with Crippen LogP contribution in [0.2, 0.25) is 0 Å². The van der Waals surface area contributed by atoms with Gasteiger partial charge in [0.05, 0.1) is 0 Å². The van der Waals surface area contributed by atoms with Gasteiger partial charge in [-0.05, 0) is 6.07 Å². The summed E-state index contributed by atoms with van der Waals surface area (Å²) >= 11 is 1.90. The van der Waals surface area contributed by atoms with Crippen LogP contribution in [-0.4, -0.2) is 45.2 Å². The van der Waals surface area contributed by atoms with E-state index in [1.807, 2.05) is 16.7 Å². The summed E-state index contributed by atoms with van der Waals surface area (Å²) in [6.45, 7) is 1.71. The van der Waals surface area contributed by atoms with Crippen LogP contribution in [-0.2, 0) is 7.05 Å². The molecule has 0 atom stereocenters. The quantitative estimate of drug-likeness (QED) is 0.683. The highest BCUT2D eigenvalue weighted by Crippen LogP contribution is 2.12. The molecule has 4 nitrogen and oxygen atoms in total. The first-order valence-corrected chi connectivity index (χ1v) is 5.79. The van der Waals surface area contributed by atoms with Gasteiger partial charge >= 0.3 is 0 Å². The molecule has 0 aliphatic carbocycles. The molecule has 2 rings (SSSR count). The maximum absolute atomic E-state index is 11.9. The molecule has 0 unspecified atom stereocenters. The fourth-order valence-electron chi connectivity index (χ4n) is 1.51. The Morgan fingerprint density at radius 1 is 1.50 bits per heavy atom. The van der Waals surface area contributed by atoms with Gasteiger partial charge in [0.2, 0.25) is 0 Å². The van der Waals surface area contributed by atoms with Crippen LogP contribution < -0.4 is 0 Å². The highest BCUT2D eigenvalue weighted by atomic mass is 32.2. The third-order valence-corrected chi connectivity index (χ3v) is 3.28. The van der Waals surface area contributed by atoms with E-state index in [-0.39, 0.29) is 5.91 Å². The van der Waals surface area contributed by atoms with Crippen molar-refractivity contribution in [2.75, 3.05) is 24.6 Å². The Morgan fingerprint density at radius 2 is 2.21 bits per heavy atom. The fourth-order valence-corrected chi connectivity index (χ4v) is 2.42. The van der Waals surface area contributed by atoms with Crippen LogP contribution in [0.4, 0.5) is 0 Å². The molecule has 14 heavy (non-hydrogen) atoms. The van der Waals surface area contributed by atoms with Gasteiger partial charge in [-0.25, -0.2) is 0 Å². The molecule has 0 bridgehead atoms. The average Bonchev–Trinajstić information content (AvgIpc) is 2.65. The molecule has 76 valence electrons. The Labute approximate surface area is 87.3 Å². The zero-order chi connectivity index (χ0) is 9.97. The van der Waals surface area contributed by atoms with E-state index in [2.05, 4.69) is 5.10 Å². The van der Waals surface area contributed by atoms with Crippen molar-refractivity contribution in [1.82, 2.24) is 14.7 Å². The number of carbonyl (C=O) groups is 1. The van der Waals surface area contributed by atoms with E-state index in [0.717, 1.165) is 24.6 Å². The van der Waals surface area contributed by atoms with Crippen molar-refractivity contribution in [2.45, 2.75) is 0 Å². The summed E-state index contributed by atoms with van der Waals surface area (Å²) in [5, 5.41) is 4.00. The second-order valence-electron chi connectivity index (χ2n) is 3.24. The zero-order valence-electron chi connectivity index (χ0n) is 8.14. The first kappa shape index (κ1) is 9.58. The van der Waals surface area contributed by atoms with Gasteiger partial charge < -0.3 is 4.90 Å². The first-order valence-electron chi connectivity index (χ1n) is 4.64. The Morgan fingerprint density at radius 3 is 2.79 bits per heavy atom. The predicted octanol–water partition coefficient (Wildman–Crippen LogP) is 0.609. The van der Waals surface area contributed by atoms with Gasteiger partial charge in [0.1, 0.15) is 5.69 Å². The second-order valence-corrected chi connectivity index (χ2v) is 4.47. The van der Waals surface area contributed by atoms with Gasteiger partial charge in [-0.1, -0.05) is 0 Å². The maximum atomic E-state index is 11.9. The number of aromatic nitrogens is 2. The molecule has 0 N–H and O–H groups in total. The maximum Gasteiger partial charge on any atom is 0.272 e. The molecule has 5 heteroatoms. The van der Waals surface area contributed by atoms with E-state index in [0.29, 0.717) is 5.69 Å². The molecule has 1 aromatic heterocycles. The topological polar surface area (TPSA) is 38.1 Å². The highest BCUT2D eigenvalue weighted by Gasteiger charge is 2.20. The number of nitrogens with zero attached hydrogens (tertiary/aromatic N) is 3. The number of aryl methyl sites for hydroxylation is 1. The van der Waals surface area contributed by atoms with E-state index < -0.39 is 0 Å². The number of amides is 1. The second kappa shape index (κ2) is 4.04. The lowest BCUT2D eigenvalue weighted by molar-refractivity contribution is 0.0761. The van der Waals surface area contributed by atoms with Crippen molar-refractivity contribution in [3.63, 3.8) is 0 Å². The predicted molar refractivity (Wildman–Crippen MR) is 56.4 cm³/mol. The van der Waals surface area contributed by atoms with E-state index in [4.69, 9.17) is 0 Å². The smallest absolute Gasteiger partial charge is 0.272 e. The van der Waals surface area contributed by atoms with Gasteiger partial charge in [0, 0.05) is 37.8 Å². The van der Waals surface area contributed by atoms with Crippen LogP contribution in [0, 0.1) is 0 Å². The summed E-state index contributed by atoms with van der Waals surface area (Å²) in [7, 11) is 1.80. The molecule has 1 amide bonds. The van der Waals surface area contributed by atoms with Gasteiger partial charge in [-0.2, -0.15) is 16.9 Å². The molecular weight excluding hydrogens is 198 g/mol. The lowest BCUT2D eigenvalue weighted by atomic mass is 10.3. The molecular formula is C9H13N3OS. The SMILES string of the molecule is Cn1nccc1C(=O)N1CCSCC1. The van der Waals surface area contributed by atoms with Crippen LogP contribution in [0.15, 0.2) is 12.3 Å². The van der Waals surface area contributed by atoms with Crippen molar-refractivity contribution in [3.8, 4) is 0 Å². The normalized spacial score (nSPS) is 17.1. The summed E-state index contributed by atoms with van der Waals surface area (Å²) in [4.78, 5) is 13.8. The van der Waals surface area contributed by atoms with Crippen molar-refractivity contribution in [1.29, 1.82) is 0 Å². The van der Waals surface area contributed by atoms with Crippen LogP contribution in [0.25, 0.3) is 0 Å². The van der Waals surface area contributed by atoms with Gasteiger partial charge in [0.15, 0.2) is 0 Å². The molecule has 1 aliphatic heterocycles. The van der Waals surface area contributed by atoms with Crippen LogP contribution in [0.3, 0.4) is 0 Å². The third-order valence-electron chi connectivity index (χ3n) is 2.34. The molecule has 0 aromatic carbocycles. The van der Waals surface area contributed by atoms with E-state index in [1.165, 1.54) is 0 Å². The Kier molecular flexibility index (Phi) is 2.77. The van der Waals surface area contributed by atoms with E-state index in [1.54, 1.807) is 24.0 Å². The van der Waals surface area contributed by atoms with Gasteiger partial charge in [-0.3, -0.25) is 9.48 Å². The molecule has 0 radical (unpaired) electrons. The Bertz CT molecular complexity index is 331. The van der Waals surface area contributed by atoms with Crippen LogP contribution in [0.1, 0.15) is 10.5 Å². The lowest BCUT2D eigenvalue weighted by Crippen LogP contribution is -2.38. The summed E-state index contributed by atoms with van der Waals surface area (Å²) in [5.41, 5.74) is 0.678. The molecule has 1 aromatic rings. The summed E-state index contributed by atoms with van der Waals surface area (Å²) < 4.78 is 1.63. The van der Waals surface area contributed by atoms with E-state index in [9.17, 15) is 4.79 Å². The lowest BCUT2D eigenvalue weighted by Gasteiger charge is -2.26. The number of thioether (sulfide) groups is 1. The number of hydrogen-bond donors (Lipinski definition) is 0. The van der Waals surface area contributed by atoms with Crippen molar-refractivity contribution >= 4 is 17.7 Å². The third kappa shape index (κ3) is 1.77. The first-order chi connectivity index (χ1) is 6.79. The summed E-state index contributed by atoms with van der Waals surface area (Å²) in [5.74, 6) is 2.19. The van der Waals surface area contributed by atoms with Crippen molar-refractivity contribution < 1.29 is 4.79 Å². The Balaban J connectivity index is 2.11. The number of hydrogen-bond acceptors (Lipinski definition) is 3. The molecule has 0 saturated carbocycles. The van der Waals surface area contributed by atoms with Gasteiger partial charge in [0.25, 0.3) is 5.91 Å². The molecule has 1 fully saturated rings. The van der Waals surface area contributed by atoms with Crippen molar-refractivity contribution in [2.24, 2.45) is 7.05 Å².